The van der Waals surface area contributed by atoms with Gasteiger partial charge >= 0.3 is 0 Å². The number of hydrogen-bond acceptors (Lipinski definition) is 0. The van der Waals surface area contributed by atoms with Crippen molar-refractivity contribution in [1.82, 2.24) is 0 Å². The minimum absolute atomic E-state index is 1.14. The molecule has 0 aromatic carbocycles. The molecule has 1 aliphatic carbocycles. The monoisotopic (exact) mass is 220 g/mol. The van der Waals surface area contributed by atoms with Gasteiger partial charge in [0.15, 0.2) is 0 Å². The molecular weight excluding hydrogens is 192 g/mol. The summed E-state index contributed by atoms with van der Waals surface area (Å²) < 4.78 is 0. The molecule has 0 fully saturated rings. The lowest BCUT2D eigenvalue weighted by molar-refractivity contribution is 0.561. The Bertz CT molecular complexity index is 168. The highest BCUT2D eigenvalue weighted by Crippen LogP contribution is 2.12. The Kier molecular flexibility index (Phi) is 9.30. The number of hydrogen-bond donors (Lipinski definition) is 0. The van der Waals surface area contributed by atoms with Crippen LogP contribution in [0.3, 0.4) is 0 Å². The minimum Gasteiger partial charge on any atom is -0.0882 e. The summed E-state index contributed by atoms with van der Waals surface area (Å²) in [5, 5.41) is 0. The van der Waals surface area contributed by atoms with Crippen molar-refractivity contribution in [3.63, 3.8) is 0 Å². The van der Waals surface area contributed by atoms with Crippen LogP contribution in [0.4, 0.5) is 0 Å². The molecule has 0 unspecified atom stereocenters. The first-order valence-electron chi connectivity index (χ1n) is 7.30. The highest BCUT2D eigenvalue weighted by molar-refractivity contribution is 4.92. The van der Waals surface area contributed by atoms with Crippen molar-refractivity contribution < 1.29 is 0 Å². The Hall–Kier alpha value is -0.520. The summed E-state index contributed by atoms with van der Waals surface area (Å²) >= 11 is 0. The van der Waals surface area contributed by atoms with E-state index < -0.39 is 0 Å². The van der Waals surface area contributed by atoms with Gasteiger partial charge in [0.2, 0.25) is 0 Å². The van der Waals surface area contributed by atoms with Crippen LogP contribution in [-0.4, -0.2) is 0 Å². The van der Waals surface area contributed by atoms with E-state index in [4.69, 9.17) is 0 Å². The third-order valence-electron chi connectivity index (χ3n) is 3.35. The van der Waals surface area contributed by atoms with Gasteiger partial charge in [0.25, 0.3) is 0 Å². The van der Waals surface area contributed by atoms with Crippen LogP contribution < -0.4 is 0 Å². The zero-order valence-corrected chi connectivity index (χ0v) is 10.8. The van der Waals surface area contributed by atoms with Crippen molar-refractivity contribution in [2.24, 2.45) is 0 Å². The van der Waals surface area contributed by atoms with Crippen LogP contribution in [0.5, 0.6) is 0 Å². The molecule has 0 atom stereocenters. The molecule has 0 aromatic heterocycles. The molecule has 0 amide bonds. The van der Waals surface area contributed by atoms with Crippen molar-refractivity contribution in [1.29, 1.82) is 0 Å². The summed E-state index contributed by atoms with van der Waals surface area (Å²) in [4.78, 5) is 0. The van der Waals surface area contributed by atoms with Gasteiger partial charge in [0, 0.05) is 0 Å². The summed E-state index contributed by atoms with van der Waals surface area (Å²) in [5.74, 6) is 0. The van der Waals surface area contributed by atoms with E-state index in [1.807, 2.05) is 0 Å². The Morgan fingerprint density at radius 2 is 0.750 bits per heavy atom. The van der Waals surface area contributed by atoms with Gasteiger partial charge < -0.3 is 0 Å². The molecule has 0 heterocycles. The highest BCUT2D eigenvalue weighted by Gasteiger charge is 1.92. The van der Waals surface area contributed by atoms with Crippen molar-refractivity contribution in [3.05, 3.63) is 24.3 Å². The van der Waals surface area contributed by atoms with E-state index >= 15 is 0 Å². The smallest absolute Gasteiger partial charge is 0.0169 e. The topological polar surface area (TPSA) is 0 Å². The first kappa shape index (κ1) is 13.5. The Balaban J connectivity index is 2.15. The van der Waals surface area contributed by atoms with Crippen molar-refractivity contribution >= 4 is 0 Å². The van der Waals surface area contributed by atoms with Gasteiger partial charge in [-0.05, 0) is 32.1 Å². The zero-order valence-electron chi connectivity index (χ0n) is 10.8. The van der Waals surface area contributed by atoms with E-state index in [2.05, 4.69) is 24.3 Å². The molecule has 0 nitrogen and oxygen atoms in total. The van der Waals surface area contributed by atoms with E-state index in [0.717, 1.165) is 6.42 Å². The summed E-state index contributed by atoms with van der Waals surface area (Å²) in [7, 11) is 0. The maximum Gasteiger partial charge on any atom is -0.0169 e. The second kappa shape index (κ2) is 11.0. The molecule has 0 saturated carbocycles. The predicted octanol–water partition coefficient (Wildman–Crippen LogP) is 5.79. The van der Waals surface area contributed by atoms with Gasteiger partial charge in [-0.3, -0.25) is 0 Å². The number of allylic oxidation sites excluding steroid dienone is 4. The molecule has 1 aliphatic rings. The van der Waals surface area contributed by atoms with Crippen LogP contribution in [0.1, 0.15) is 77.0 Å². The van der Waals surface area contributed by atoms with Gasteiger partial charge in [-0.25, -0.2) is 0 Å². The molecule has 16 heavy (non-hydrogen) atoms. The molecule has 0 heteroatoms. The third kappa shape index (κ3) is 8.76. The summed E-state index contributed by atoms with van der Waals surface area (Å²) in [6, 6.07) is 0. The molecule has 0 aliphatic heterocycles. The highest BCUT2D eigenvalue weighted by atomic mass is 14.0. The zero-order chi connectivity index (χ0) is 11.3. The van der Waals surface area contributed by atoms with Crippen LogP contribution in [0.15, 0.2) is 24.3 Å². The van der Waals surface area contributed by atoms with Gasteiger partial charge in [0.05, 0.1) is 0 Å². The van der Waals surface area contributed by atoms with Gasteiger partial charge in [-0.15, -0.1) is 0 Å². The molecule has 0 radical (unpaired) electrons. The maximum atomic E-state index is 2.36. The normalized spacial score (nSPS) is 26.0. The fourth-order valence-corrected chi connectivity index (χ4v) is 2.27. The standard InChI is InChI=1S/C16H28/c1-2-4-6-8-10-12-14-16-15-13-11-9-7-5-3-1/h1-2,5,7H,3-4,6,8-16H2/b2-1-,7-5-. The molecule has 1 rings (SSSR count). The predicted molar refractivity (Wildman–Crippen MR) is 73.7 cm³/mol. The molecular formula is C16H28. The van der Waals surface area contributed by atoms with Crippen LogP contribution >= 0.6 is 0 Å². The van der Waals surface area contributed by atoms with Crippen molar-refractivity contribution in [3.8, 4) is 0 Å². The average molecular weight is 220 g/mol. The third-order valence-corrected chi connectivity index (χ3v) is 3.35. The minimum atomic E-state index is 1.14. The van der Waals surface area contributed by atoms with Gasteiger partial charge in [0.1, 0.15) is 0 Å². The molecule has 0 aromatic rings. The molecule has 0 saturated heterocycles. The Morgan fingerprint density at radius 1 is 0.375 bits per heavy atom. The first-order valence-corrected chi connectivity index (χ1v) is 7.30. The van der Waals surface area contributed by atoms with Gasteiger partial charge in [-0.2, -0.15) is 0 Å². The van der Waals surface area contributed by atoms with E-state index in [-0.39, 0.29) is 0 Å². The Labute approximate surface area is 102 Å². The van der Waals surface area contributed by atoms with E-state index in [1.54, 1.807) is 0 Å². The quantitative estimate of drug-likeness (QED) is 0.453. The maximum absolute atomic E-state index is 2.36. The van der Waals surface area contributed by atoms with Crippen LogP contribution in [0, 0.1) is 0 Å². The van der Waals surface area contributed by atoms with Crippen LogP contribution in [0.2, 0.25) is 0 Å². The molecule has 92 valence electrons. The molecule has 0 bridgehead atoms. The van der Waals surface area contributed by atoms with Crippen LogP contribution in [0.25, 0.3) is 0 Å². The van der Waals surface area contributed by atoms with Crippen LogP contribution in [-0.2, 0) is 0 Å². The fraction of sp³-hybridized carbons (Fsp3) is 0.750. The Morgan fingerprint density at radius 3 is 1.19 bits per heavy atom. The average Bonchev–Trinajstić information content (AvgIpc) is 2.29. The second-order valence-corrected chi connectivity index (χ2v) is 4.94. The van der Waals surface area contributed by atoms with E-state index in [9.17, 15) is 0 Å². The summed E-state index contributed by atoms with van der Waals surface area (Å²) in [6.45, 7) is 0. The lowest BCUT2D eigenvalue weighted by Crippen LogP contribution is -1.82. The van der Waals surface area contributed by atoms with E-state index in [0.29, 0.717) is 0 Å². The number of rotatable bonds is 0. The van der Waals surface area contributed by atoms with Crippen molar-refractivity contribution in [2.45, 2.75) is 77.0 Å². The molecule has 0 N–H and O–H groups in total. The van der Waals surface area contributed by atoms with Crippen molar-refractivity contribution in [2.75, 3.05) is 0 Å². The fourth-order valence-electron chi connectivity index (χ4n) is 2.27. The summed E-state index contributed by atoms with van der Waals surface area (Å²) in [6.07, 6.45) is 26.0. The lowest BCUT2D eigenvalue weighted by atomic mass is 10.0. The van der Waals surface area contributed by atoms with Gasteiger partial charge in [-0.1, -0.05) is 69.2 Å². The molecule has 0 spiro atoms. The second-order valence-electron chi connectivity index (χ2n) is 4.94. The van der Waals surface area contributed by atoms with E-state index in [1.165, 1.54) is 70.6 Å². The lowest BCUT2D eigenvalue weighted by Gasteiger charge is -2.01. The summed E-state index contributed by atoms with van der Waals surface area (Å²) in [5.41, 5.74) is 0. The SMILES string of the molecule is C1=C\CCCCCCCCCCC/C=C\C/1. The first-order chi connectivity index (χ1) is 8.00. The largest absolute Gasteiger partial charge is 0.0882 e.